The second-order valence-corrected chi connectivity index (χ2v) is 3.89. The predicted octanol–water partition coefficient (Wildman–Crippen LogP) is 0.771. The molecule has 0 aromatic carbocycles. The van der Waals surface area contributed by atoms with Crippen LogP contribution >= 0.6 is 0 Å². The molecule has 1 fully saturated rings. The molecule has 2 rings (SSSR count). The van der Waals surface area contributed by atoms with Crippen molar-refractivity contribution in [2.75, 3.05) is 43.5 Å². The summed E-state index contributed by atoms with van der Waals surface area (Å²) >= 11 is 0. The van der Waals surface area contributed by atoms with Crippen LogP contribution in [0.15, 0.2) is 6.07 Å². The third-order valence-corrected chi connectivity index (χ3v) is 2.73. The first-order valence-corrected chi connectivity index (χ1v) is 5.92. The topological polar surface area (TPSA) is 84.4 Å². The van der Waals surface area contributed by atoms with Crippen molar-refractivity contribution in [2.24, 2.45) is 0 Å². The highest BCUT2D eigenvalue weighted by Gasteiger charge is 2.17. The van der Waals surface area contributed by atoms with E-state index in [9.17, 15) is 0 Å². The zero-order chi connectivity index (χ0) is 13.0. The van der Waals surface area contributed by atoms with E-state index in [4.69, 9.17) is 20.5 Å². The van der Waals surface area contributed by atoms with Gasteiger partial charge in [-0.1, -0.05) is 0 Å². The Morgan fingerprint density at radius 2 is 2.28 bits per heavy atom. The lowest BCUT2D eigenvalue weighted by Gasteiger charge is -2.28. The quantitative estimate of drug-likeness (QED) is 0.850. The van der Waals surface area contributed by atoms with Gasteiger partial charge in [0, 0.05) is 19.2 Å². The van der Waals surface area contributed by atoms with Crippen LogP contribution in [0.4, 0.5) is 11.5 Å². The van der Waals surface area contributed by atoms with Gasteiger partial charge >= 0.3 is 0 Å². The van der Waals surface area contributed by atoms with Gasteiger partial charge in [0.2, 0.25) is 5.88 Å². The number of pyridine rings is 1. The third-order valence-electron chi connectivity index (χ3n) is 2.73. The number of nitrogens with two attached hydrogens (primary N) is 1. The summed E-state index contributed by atoms with van der Waals surface area (Å²) in [5, 5.41) is 9.04. The van der Waals surface area contributed by atoms with Crippen LogP contribution in [-0.4, -0.2) is 37.9 Å². The minimum atomic E-state index is 0.300. The maximum absolute atomic E-state index is 9.04. The fourth-order valence-electron chi connectivity index (χ4n) is 1.83. The van der Waals surface area contributed by atoms with Gasteiger partial charge in [-0.05, 0) is 6.92 Å². The number of hydrogen-bond donors (Lipinski definition) is 1. The van der Waals surface area contributed by atoms with E-state index in [0.717, 1.165) is 18.9 Å². The highest BCUT2D eigenvalue weighted by molar-refractivity contribution is 5.64. The van der Waals surface area contributed by atoms with Crippen molar-refractivity contribution in [3.8, 4) is 11.9 Å². The van der Waals surface area contributed by atoms with E-state index in [0.29, 0.717) is 37.0 Å². The molecular formula is C12H16N4O2. The zero-order valence-electron chi connectivity index (χ0n) is 10.3. The molecule has 0 amide bonds. The normalized spacial score (nSPS) is 15.2. The Bertz CT molecular complexity index is 464. The van der Waals surface area contributed by atoms with Crippen molar-refractivity contribution in [3.05, 3.63) is 11.6 Å². The van der Waals surface area contributed by atoms with Gasteiger partial charge in [-0.2, -0.15) is 10.2 Å². The Morgan fingerprint density at radius 3 is 2.89 bits per heavy atom. The minimum Gasteiger partial charge on any atom is -0.477 e. The molecule has 6 heteroatoms. The third kappa shape index (κ3) is 2.46. The van der Waals surface area contributed by atoms with E-state index in [1.807, 2.05) is 13.0 Å². The van der Waals surface area contributed by atoms with Crippen molar-refractivity contribution in [1.29, 1.82) is 5.26 Å². The number of nitrogens with zero attached hydrogens (tertiary/aromatic N) is 3. The van der Waals surface area contributed by atoms with E-state index >= 15 is 0 Å². The fraction of sp³-hybridized carbons (Fsp3) is 0.500. The molecule has 0 atom stereocenters. The molecule has 1 saturated heterocycles. The van der Waals surface area contributed by atoms with Crippen molar-refractivity contribution >= 4 is 11.5 Å². The number of morpholine rings is 1. The van der Waals surface area contributed by atoms with Gasteiger partial charge in [-0.3, -0.25) is 0 Å². The first-order valence-electron chi connectivity index (χ1n) is 5.92. The summed E-state index contributed by atoms with van der Waals surface area (Å²) in [5.41, 5.74) is 6.57. The summed E-state index contributed by atoms with van der Waals surface area (Å²) in [5.74, 6) is 1.04. The Morgan fingerprint density at radius 1 is 1.56 bits per heavy atom. The van der Waals surface area contributed by atoms with Crippen LogP contribution in [0.3, 0.4) is 0 Å². The van der Waals surface area contributed by atoms with Crippen LogP contribution in [0.2, 0.25) is 0 Å². The molecule has 0 saturated carbocycles. The number of rotatable bonds is 3. The van der Waals surface area contributed by atoms with Crippen LogP contribution < -0.4 is 15.4 Å². The van der Waals surface area contributed by atoms with Gasteiger partial charge in [-0.25, -0.2) is 0 Å². The smallest absolute Gasteiger partial charge is 0.235 e. The van der Waals surface area contributed by atoms with Gasteiger partial charge < -0.3 is 20.1 Å². The monoisotopic (exact) mass is 248 g/mol. The second-order valence-electron chi connectivity index (χ2n) is 3.89. The van der Waals surface area contributed by atoms with Crippen molar-refractivity contribution < 1.29 is 9.47 Å². The van der Waals surface area contributed by atoms with Gasteiger partial charge in [0.05, 0.1) is 25.5 Å². The van der Waals surface area contributed by atoms with E-state index in [2.05, 4.69) is 9.88 Å². The molecular weight excluding hydrogens is 232 g/mol. The lowest BCUT2D eigenvalue weighted by Crippen LogP contribution is -2.36. The molecule has 1 aliphatic heterocycles. The van der Waals surface area contributed by atoms with Crippen LogP contribution in [0, 0.1) is 11.3 Å². The summed E-state index contributed by atoms with van der Waals surface area (Å²) < 4.78 is 10.7. The summed E-state index contributed by atoms with van der Waals surface area (Å²) in [6.07, 6.45) is 0. The van der Waals surface area contributed by atoms with Crippen molar-refractivity contribution in [3.63, 3.8) is 0 Å². The fourth-order valence-corrected chi connectivity index (χ4v) is 1.83. The Hall–Kier alpha value is -2.00. The molecule has 96 valence electrons. The van der Waals surface area contributed by atoms with Gasteiger partial charge in [0.25, 0.3) is 0 Å². The lowest BCUT2D eigenvalue weighted by molar-refractivity contribution is 0.122. The Kier molecular flexibility index (Phi) is 3.85. The van der Waals surface area contributed by atoms with Crippen molar-refractivity contribution in [1.82, 2.24) is 4.98 Å². The molecule has 1 aromatic heterocycles. The van der Waals surface area contributed by atoms with Gasteiger partial charge in [-0.15, -0.1) is 0 Å². The van der Waals surface area contributed by atoms with E-state index in [1.165, 1.54) is 0 Å². The summed E-state index contributed by atoms with van der Waals surface area (Å²) in [7, 11) is 0. The molecule has 2 heterocycles. The van der Waals surface area contributed by atoms with Gasteiger partial charge in [0.15, 0.2) is 0 Å². The molecule has 0 bridgehead atoms. The number of nitriles is 1. The van der Waals surface area contributed by atoms with E-state index < -0.39 is 0 Å². The number of nitrogen functional groups attached to an aromatic ring is 1. The predicted molar refractivity (Wildman–Crippen MR) is 67.6 cm³/mol. The maximum atomic E-state index is 9.04. The second kappa shape index (κ2) is 5.56. The molecule has 2 N–H and O–H groups in total. The Labute approximate surface area is 106 Å². The molecule has 0 spiro atoms. The van der Waals surface area contributed by atoms with E-state index in [-0.39, 0.29) is 0 Å². The number of aromatic nitrogens is 1. The number of ether oxygens (including phenoxy) is 2. The summed E-state index contributed by atoms with van der Waals surface area (Å²) in [4.78, 5) is 6.44. The maximum Gasteiger partial charge on any atom is 0.235 e. The highest BCUT2D eigenvalue weighted by Crippen LogP contribution is 2.27. The molecule has 1 aromatic rings. The average Bonchev–Trinajstić information content (AvgIpc) is 2.40. The number of anilines is 2. The molecule has 0 radical (unpaired) electrons. The van der Waals surface area contributed by atoms with E-state index in [1.54, 1.807) is 6.07 Å². The largest absolute Gasteiger partial charge is 0.477 e. The molecule has 0 unspecified atom stereocenters. The molecule has 6 nitrogen and oxygen atoms in total. The first kappa shape index (κ1) is 12.5. The summed E-state index contributed by atoms with van der Waals surface area (Å²) in [6, 6.07) is 3.74. The van der Waals surface area contributed by atoms with Crippen LogP contribution in [-0.2, 0) is 4.74 Å². The summed E-state index contributed by atoms with van der Waals surface area (Å²) in [6.45, 7) is 5.18. The Balaban J connectivity index is 2.34. The molecule has 0 aliphatic carbocycles. The van der Waals surface area contributed by atoms with Gasteiger partial charge in [0.1, 0.15) is 17.5 Å². The van der Waals surface area contributed by atoms with Crippen molar-refractivity contribution in [2.45, 2.75) is 6.92 Å². The molecule has 18 heavy (non-hydrogen) atoms. The minimum absolute atomic E-state index is 0.300. The average molecular weight is 248 g/mol. The molecule has 1 aliphatic rings. The standard InChI is InChI=1S/C12H16N4O2/c1-2-18-12-9(8-13)10(14)7-11(15-12)16-3-5-17-6-4-16/h7H,2-6H2,1H3,(H2,14,15). The lowest BCUT2D eigenvalue weighted by atomic mass is 10.2. The zero-order valence-corrected chi connectivity index (χ0v) is 10.3. The van der Waals surface area contributed by atoms with Crippen LogP contribution in [0.5, 0.6) is 5.88 Å². The first-order chi connectivity index (χ1) is 8.76. The number of hydrogen-bond acceptors (Lipinski definition) is 6. The van der Waals surface area contributed by atoms with Crippen LogP contribution in [0.25, 0.3) is 0 Å². The highest BCUT2D eigenvalue weighted by atomic mass is 16.5. The van der Waals surface area contributed by atoms with Crippen LogP contribution in [0.1, 0.15) is 12.5 Å². The SMILES string of the molecule is CCOc1nc(N2CCOCC2)cc(N)c1C#N.